The number of carbonyl (C=O) groups excluding carboxylic acids is 2. The summed E-state index contributed by atoms with van der Waals surface area (Å²) >= 11 is 1.91. The second-order valence-electron chi connectivity index (χ2n) is 6.63. The predicted molar refractivity (Wildman–Crippen MR) is 98.8 cm³/mol. The standard InChI is InChI=1S/C18H25N3O3S/c22-13-7-5-12(6-8-13)9-10-19-16(23)4-2-1-3-15-17-14(11-25-15)20-18(24)21-17/h5-8,14-15,17,22H,1-4,9-11H2,(H,19,23)(H2,20,21,24)/t14-,15+,17-/m1/s1. The van der Waals surface area contributed by atoms with E-state index in [9.17, 15) is 14.7 Å². The molecule has 3 rings (SSSR count). The molecule has 0 spiro atoms. The summed E-state index contributed by atoms with van der Waals surface area (Å²) in [4.78, 5) is 23.2. The number of phenolic OH excluding ortho intramolecular Hbond substituents is 1. The third-order valence-corrected chi connectivity index (χ3v) is 6.26. The van der Waals surface area contributed by atoms with Crippen LogP contribution in [0.1, 0.15) is 31.2 Å². The van der Waals surface area contributed by atoms with Crippen LogP contribution in [-0.2, 0) is 11.2 Å². The Labute approximate surface area is 152 Å². The molecule has 2 saturated heterocycles. The Morgan fingerprint density at radius 3 is 2.84 bits per heavy atom. The number of rotatable bonds is 8. The summed E-state index contributed by atoms with van der Waals surface area (Å²) in [6.45, 7) is 0.615. The minimum atomic E-state index is -0.0479. The number of phenols is 1. The van der Waals surface area contributed by atoms with Gasteiger partial charge in [-0.15, -0.1) is 0 Å². The fraction of sp³-hybridized carbons (Fsp3) is 0.556. The Morgan fingerprint density at radius 2 is 2.04 bits per heavy atom. The van der Waals surface area contributed by atoms with Crippen LogP contribution in [0.5, 0.6) is 5.75 Å². The molecule has 6 nitrogen and oxygen atoms in total. The van der Waals surface area contributed by atoms with Crippen molar-refractivity contribution in [2.45, 2.75) is 49.4 Å². The molecular formula is C18H25N3O3S. The Kier molecular flexibility index (Phi) is 6.07. The SMILES string of the molecule is O=C(CCCC[C@@H]1SC[C@H]2NC(=O)N[C@@H]12)NCCc1ccc(O)cc1. The number of unbranched alkanes of at least 4 members (excludes halogenated alkanes) is 1. The van der Waals surface area contributed by atoms with E-state index in [1.165, 1.54) is 0 Å². The molecule has 136 valence electrons. The summed E-state index contributed by atoms with van der Waals surface area (Å²) in [7, 11) is 0. The lowest BCUT2D eigenvalue weighted by Crippen LogP contribution is -2.36. The van der Waals surface area contributed by atoms with E-state index in [1.807, 2.05) is 23.9 Å². The number of thioether (sulfide) groups is 1. The molecule has 0 aromatic heterocycles. The molecule has 0 saturated carbocycles. The van der Waals surface area contributed by atoms with Crippen molar-refractivity contribution in [3.05, 3.63) is 29.8 Å². The van der Waals surface area contributed by atoms with Crippen LogP contribution >= 0.6 is 11.8 Å². The van der Waals surface area contributed by atoms with Crippen LogP contribution in [0.25, 0.3) is 0 Å². The van der Waals surface area contributed by atoms with Crippen molar-refractivity contribution in [3.63, 3.8) is 0 Å². The normalized spacial score (nSPS) is 24.5. The third-order valence-electron chi connectivity index (χ3n) is 4.75. The van der Waals surface area contributed by atoms with Gasteiger partial charge >= 0.3 is 6.03 Å². The van der Waals surface area contributed by atoms with E-state index in [2.05, 4.69) is 16.0 Å². The maximum Gasteiger partial charge on any atom is 0.315 e. The number of carbonyl (C=O) groups is 2. The zero-order chi connectivity index (χ0) is 17.6. The van der Waals surface area contributed by atoms with Gasteiger partial charge in [-0.1, -0.05) is 18.6 Å². The molecular weight excluding hydrogens is 338 g/mol. The molecule has 2 aliphatic heterocycles. The summed E-state index contributed by atoms with van der Waals surface area (Å²) in [6, 6.07) is 7.52. The monoisotopic (exact) mass is 363 g/mol. The highest BCUT2D eigenvalue weighted by atomic mass is 32.2. The molecule has 7 heteroatoms. The molecule has 1 aromatic carbocycles. The number of fused-ring (bicyclic) bond motifs is 1. The number of hydrogen-bond acceptors (Lipinski definition) is 4. The first-order valence-electron chi connectivity index (χ1n) is 8.85. The van der Waals surface area contributed by atoms with Crippen molar-refractivity contribution in [3.8, 4) is 5.75 Å². The van der Waals surface area contributed by atoms with Gasteiger partial charge in [-0.25, -0.2) is 4.79 Å². The van der Waals surface area contributed by atoms with Gasteiger partial charge in [0.25, 0.3) is 0 Å². The summed E-state index contributed by atoms with van der Waals surface area (Å²) in [5.41, 5.74) is 1.10. The fourth-order valence-corrected chi connectivity index (χ4v) is 4.91. The average molecular weight is 363 g/mol. The van der Waals surface area contributed by atoms with E-state index in [0.717, 1.165) is 37.0 Å². The Morgan fingerprint density at radius 1 is 1.24 bits per heavy atom. The van der Waals surface area contributed by atoms with Crippen molar-refractivity contribution in [2.75, 3.05) is 12.3 Å². The minimum Gasteiger partial charge on any atom is -0.508 e. The van der Waals surface area contributed by atoms with Crippen molar-refractivity contribution < 1.29 is 14.7 Å². The molecule has 4 N–H and O–H groups in total. The Hall–Kier alpha value is -1.89. The zero-order valence-corrected chi connectivity index (χ0v) is 15.0. The first kappa shape index (κ1) is 17.9. The van der Waals surface area contributed by atoms with Gasteiger partial charge in [0.15, 0.2) is 0 Å². The second kappa shape index (κ2) is 8.47. The number of amides is 3. The average Bonchev–Trinajstić information content (AvgIpc) is 3.13. The van der Waals surface area contributed by atoms with Crippen LogP contribution in [0.3, 0.4) is 0 Å². The van der Waals surface area contributed by atoms with Gasteiger partial charge in [0.1, 0.15) is 5.75 Å². The van der Waals surface area contributed by atoms with Crippen molar-refractivity contribution in [1.82, 2.24) is 16.0 Å². The number of benzene rings is 1. The number of nitrogens with one attached hydrogen (secondary N) is 3. The molecule has 0 bridgehead atoms. The molecule has 1 aromatic rings. The van der Waals surface area contributed by atoms with Crippen molar-refractivity contribution >= 4 is 23.7 Å². The summed E-state index contributed by atoms with van der Waals surface area (Å²) in [6.07, 6.45) is 4.23. The summed E-state index contributed by atoms with van der Waals surface area (Å²) < 4.78 is 0. The van der Waals surface area contributed by atoms with Gasteiger partial charge < -0.3 is 21.1 Å². The van der Waals surface area contributed by atoms with Gasteiger partial charge in [0.2, 0.25) is 5.91 Å². The quantitative estimate of drug-likeness (QED) is 0.419. The molecule has 0 radical (unpaired) electrons. The maximum atomic E-state index is 11.9. The van der Waals surface area contributed by atoms with E-state index in [1.54, 1.807) is 12.1 Å². The van der Waals surface area contributed by atoms with Crippen LogP contribution in [0, 0.1) is 0 Å². The highest BCUT2D eigenvalue weighted by Gasteiger charge is 2.42. The minimum absolute atomic E-state index is 0.0479. The first-order valence-corrected chi connectivity index (χ1v) is 9.90. The number of urea groups is 1. The first-order chi connectivity index (χ1) is 12.1. The van der Waals surface area contributed by atoms with Gasteiger partial charge in [-0.05, 0) is 37.0 Å². The molecule has 3 amide bonds. The largest absolute Gasteiger partial charge is 0.508 e. The Balaban J connectivity index is 1.26. The van der Waals surface area contributed by atoms with Crippen LogP contribution in [0.15, 0.2) is 24.3 Å². The number of aromatic hydroxyl groups is 1. The van der Waals surface area contributed by atoms with Gasteiger partial charge in [0, 0.05) is 24.0 Å². The lowest BCUT2D eigenvalue weighted by molar-refractivity contribution is -0.121. The smallest absolute Gasteiger partial charge is 0.315 e. The van der Waals surface area contributed by atoms with Crippen LogP contribution in [-0.4, -0.2) is 46.7 Å². The van der Waals surface area contributed by atoms with Gasteiger partial charge in [-0.2, -0.15) is 11.8 Å². The zero-order valence-electron chi connectivity index (χ0n) is 14.2. The second-order valence-corrected chi connectivity index (χ2v) is 7.91. The predicted octanol–water partition coefficient (Wildman–Crippen LogP) is 1.78. The molecule has 25 heavy (non-hydrogen) atoms. The topological polar surface area (TPSA) is 90.5 Å². The van der Waals surface area contributed by atoms with E-state index in [4.69, 9.17) is 0 Å². The lowest BCUT2D eigenvalue weighted by Gasteiger charge is -2.16. The summed E-state index contributed by atoms with van der Waals surface area (Å²) in [5, 5.41) is 18.6. The van der Waals surface area contributed by atoms with E-state index in [-0.39, 0.29) is 29.8 Å². The van der Waals surface area contributed by atoms with E-state index < -0.39 is 0 Å². The lowest BCUT2D eigenvalue weighted by atomic mass is 10.0. The third kappa shape index (κ3) is 5.04. The van der Waals surface area contributed by atoms with Crippen LogP contribution < -0.4 is 16.0 Å². The number of hydrogen-bond donors (Lipinski definition) is 4. The van der Waals surface area contributed by atoms with E-state index in [0.29, 0.717) is 18.2 Å². The Bertz CT molecular complexity index is 608. The van der Waals surface area contributed by atoms with Crippen LogP contribution in [0.4, 0.5) is 4.79 Å². The van der Waals surface area contributed by atoms with Gasteiger partial charge in [0.05, 0.1) is 12.1 Å². The molecule has 2 aliphatic rings. The molecule has 0 unspecified atom stereocenters. The summed E-state index contributed by atoms with van der Waals surface area (Å²) in [5.74, 6) is 1.32. The van der Waals surface area contributed by atoms with Gasteiger partial charge in [-0.3, -0.25) is 4.79 Å². The van der Waals surface area contributed by atoms with Crippen molar-refractivity contribution in [2.24, 2.45) is 0 Å². The highest BCUT2D eigenvalue weighted by Crippen LogP contribution is 2.33. The highest BCUT2D eigenvalue weighted by molar-refractivity contribution is 8.00. The van der Waals surface area contributed by atoms with Crippen molar-refractivity contribution in [1.29, 1.82) is 0 Å². The van der Waals surface area contributed by atoms with E-state index >= 15 is 0 Å². The molecule has 3 atom stereocenters. The fourth-order valence-electron chi connectivity index (χ4n) is 3.37. The molecule has 2 heterocycles. The maximum absolute atomic E-state index is 11.9. The molecule has 0 aliphatic carbocycles. The van der Waals surface area contributed by atoms with Crippen LogP contribution in [0.2, 0.25) is 0 Å². The molecule has 2 fully saturated rings.